The van der Waals surface area contributed by atoms with Crippen molar-refractivity contribution in [1.82, 2.24) is 19.6 Å². The van der Waals surface area contributed by atoms with Crippen molar-refractivity contribution in [3.05, 3.63) is 70.2 Å². The predicted molar refractivity (Wildman–Crippen MR) is 149 cm³/mol. The summed E-state index contributed by atoms with van der Waals surface area (Å²) in [6.45, 7) is 10.9. The number of likely N-dealkylation sites (N-methyl/N-ethyl adjacent to an activating group) is 1. The normalized spacial score (nSPS) is 24.4. The lowest BCUT2D eigenvalue weighted by atomic mass is 9.82. The molecule has 3 heterocycles. The van der Waals surface area contributed by atoms with Crippen LogP contribution in [0.25, 0.3) is 0 Å². The van der Waals surface area contributed by atoms with E-state index in [9.17, 15) is 18.7 Å². The van der Waals surface area contributed by atoms with Crippen molar-refractivity contribution in [3.63, 3.8) is 0 Å². The first-order valence-corrected chi connectivity index (χ1v) is 14.1. The highest BCUT2D eigenvalue weighted by Crippen LogP contribution is 2.41. The molecule has 39 heavy (non-hydrogen) atoms. The summed E-state index contributed by atoms with van der Waals surface area (Å²) < 4.78 is 29.0. The molecule has 0 radical (unpaired) electrons. The molecular weight excluding hydrogens is 524 g/mol. The fourth-order valence-electron chi connectivity index (χ4n) is 6.22. The minimum absolute atomic E-state index is 0.151. The molecule has 1 aromatic heterocycles. The van der Waals surface area contributed by atoms with Crippen LogP contribution in [-0.2, 0) is 0 Å². The van der Waals surface area contributed by atoms with Crippen LogP contribution in [0.1, 0.15) is 66.7 Å². The number of nitrogens with zero attached hydrogens (tertiary/aromatic N) is 5. The number of piperidine rings is 1. The molecule has 0 bridgehead atoms. The molecule has 7 nitrogen and oxygen atoms in total. The number of carboxylic acids is 1. The summed E-state index contributed by atoms with van der Waals surface area (Å²) in [5, 5.41) is 14.1. The molecule has 2 fully saturated rings. The Morgan fingerprint density at radius 1 is 1.18 bits per heavy atom. The molecular formula is C29H36ClF2N5O2. The largest absolute Gasteiger partial charge is 0.478 e. The number of anilines is 1. The molecule has 10 heteroatoms. The average molecular weight is 560 g/mol. The van der Waals surface area contributed by atoms with Gasteiger partial charge in [-0.1, -0.05) is 43.7 Å². The lowest BCUT2D eigenvalue weighted by Gasteiger charge is -2.39. The quantitative estimate of drug-likeness (QED) is 0.461. The van der Waals surface area contributed by atoms with Gasteiger partial charge in [-0.25, -0.2) is 13.6 Å². The van der Waals surface area contributed by atoms with Crippen LogP contribution < -0.4 is 4.90 Å². The van der Waals surface area contributed by atoms with Gasteiger partial charge in [0.2, 0.25) is 0 Å². The number of carbonyl (C=O) groups is 1. The maximum Gasteiger partial charge on any atom is 0.339 e. The lowest BCUT2D eigenvalue weighted by Crippen LogP contribution is -2.45. The molecule has 0 spiro atoms. The van der Waals surface area contributed by atoms with E-state index in [1.807, 2.05) is 12.1 Å². The molecule has 2 aromatic rings. The van der Waals surface area contributed by atoms with Crippen molar-refractivity contribution in [1.29, 1.82) is 0 Å². The second-order valence-electron chi connectivity index (χ2n) is 10.7. The number of halogens is 3. The van der Waals surface area contributed by atoms with Crippen molar-refractivity contribution in [2.75, 3.05) is 50.7 Å². The first-order valence-electron chi connectivity index (χ1n) is 13.8. The van der Waals surface area contributed by atoms with E-state index < -0.39 is 23.7 Å². The number of aromatic nitrogens is 2. The van der Waals surface area contributed by atoms with E-state index >= 15 is 0 Å². The van der Waals surface area contributed by atoms with Gasteiger partial charge in [0.25, 0.3) is 6.43 Å². The summed E-state index contributed by atoms with van der Waals surface area (Å²) >= 11 is 6.47. The van der Waals surface area contributed by atoms with Crippen LogP contribution in [0.5, 0.6) is 0 Å². The zero-order chi connectivity index (χ0) is 27.7. The first kappa shape index (κ1) is 27.6. The highest BCUT2D eigenvalue weighted by molar-refractivity contribution is 6.30. The molecule has 1 N–H and O–H groups in total. The van der Waals surface area contributed by atoms with Crippen LogP contribution in [0.3, 0.4) is 0 Å². The van der Waals surface area contributed by atoms with E-state index in [1.54, 1.807) is 0 Å². The molecule has 0 saturated carbocycles. The Hall–Kier alpha value is -2.91. The maximum absolute atomic E-state index is 13.9. The summed E-state index contributed by atoms with van der Waals surface area (Å²) in [6, 6.07) is 5.58. The zero-order valence-corrected chi connectivity index (χ0v) is 23.2. The van der Waals surface area contributed by atoms with Crippen molar-refractivity contribution in [3.8, 4) is 0 Å². The van der Waals surface area contributed by atoms with Crippen molar-refractivity contribution >= 4 is 23.3 Å². The van der Waals surface area contributed by atoms with E-state index in [0.717, 1.165) is 63.1 Å². The lowest BCUT2D eigenvalue weighted by molar-refractivity contribution is 0.0681. The van der Waals surface area contributed by atoms with Gasteiger partial charge in [-0.05, 0) is 49.1 Å². The van der Waals surface area contributed by atoms with E-state index in [2.05, 4.69) is 57.9 Å². The first-order chi connectivity index (χ1) is 18.8. The molecule has 3 aliphatic rings. The number of carboxylic acid groups (broad SMARTS) is 1. The Kier molecular flexibility index (Phi) is 8.28. The molecule has 0 amide bonds. The van der Waals surface area contributed by atoms with Gasteiger partial charge in [0.05, 0.1) is 12.2 Å². The second kappa shape index (κ2) is 11.7. The highest BCUT2D eigenvalue weighted by Gasteiger charge is 2.32. The summed E-state index contributed by atoms with van der Waals surface area (Å²) in [5.74, 6) is -0.971. The summed E-state index contributed by atoms with van der Waals surface area (Å²) in [5.41, 5.74) is 2.45. The van der Waals surface area contributed by atoms with Gasteiger partial charge in [-0.2, -0.15) is 5.10 Å². The van der Waals surface area contributed by atoms with Crippen LogP contribution in [-0.4, -0.2) is 76.5 Å². The van der Waals surface area contributed by atoms with Gasteiger partial charge in [0.1, 0.15) is 11.3 Å². The maximum atomic E-state index is 13.9. The Labute approximate surface area is 233 Å². The highest BCUT2D eigenvalue weighted by atomic mass is 35.5. The zero-order valence-electron chi connectivity index (χ0n) is 22.4. The summed E-state index contributed by atoms with van der Waals surface area (Å²) in [4.78, 5) is 18.6. The standard InChI is InChI=1S/C29H36ClF2N5O2/c1-3-34-11-13-35(14-12-34)21-7-9-23(19(2)15-21)24-8-6-20(30)16-26(24)36-10-4-5-22(18-36)37-27(28(31)32)25(17-33-37)29(38)39/h6-9,15-17,19,22-23,28H,3-5,10-14,18H2,1-2H3,(H,38,39). The predicted octanol–water partition coefficient (Wildman–Crippen LogP) is 5.82. The molecule has 3 unspecified atom stereocenters. The monoisotopic (exact) mass is 559 g/mol. The molecule has 5 rings (SSSR count). The number of hydrogen-bond donors (Lipinski definition) is 1. The second-order valence-corrected chi connectivity index (χ2v) is 11.1. The van der Waals surface area contributed by atoms with E-state index in [4.69, 9.17) is 11.6 Å². The Bertz CT molecular complexity index is 1250. The number of rotatable bonds is 7. The third-order valence-corrected chi connectivity index (χ3v) is 8.60. The van der Waals surface area contributed by atoms with Gasteiger partial charge < -0.3 is 19.8 Å². The Morgan fingerprint density at radius 2 is 1.95 bits per heavy atom. The number of benzene rings is 1. The van der Waals surface area contributed by atoms with Crippen molar-refractivity contribution < 1.29 is 18.7 Å². The molecule has 2 aliphatic heterocycles. The van der Waals surface area contributed by atoms with Crippen LogP contribution in [0, 0.1) is 5.92 Å². The minimum Gasteiger partial charge on any atom is -0.478 e. The molecule has 2 saturated heterocycles. The fourth-order valence-corrected chi connectivity index (χ4v) is 6.38. The molecule has 210 valence electrons. The third kappa shape index (κ3) is 5.70. The minimum atomic E-state index is -2.92. The number of aromatic carboxylic acids is 1. The Balaban J connectivity index is 1.38. The van der Waals surface area contributed by atoms with Crippen LogP contribution in [0.15, 0.2) is 48.3 Å². The van der Waals surface area contributed by atoms with Crippen LogP contribution >= 0.6 is 11.6 Å². The van der Waals surface area contributed by atoms with Crippen LogP contribution in [0.4, 0.5) is 14.5 Å². The SMILES string of the molecule is CCN1CCN(C2=CC(C)C(c3ccc(Cl)cc3N3CCCC(n4ncc(C(=O)O)c4C(F)F)C3)C=C2)CC1. The van der Waals surface area contributed by atoms with Gasteiger partial charge in [0, 0.05) is 61.6 Å². The molecule has 1 aliphatic carbocycles. The summed E-state index contributed by atoms with van der Waals surface area (Å²) in [7, 11) is 0. The van der Waals surface area contributed by atoms with E-state index in [-0.39, 0.29) is 17.9 Å². The van der Waals surface area contributed by atoms with Gasteiger partial charge in [0.15, 0.2) is 0 Å². The number of hydrogen-bond acceptors (Lipinski definition) is 5. The van der Waals surface area contributed by atoms with Crippen molar-refractivity contribution in [2.24, 2.45) is 5.92 Å². The van der Waals surface area contributed by atoms with Gasteiger partial charge in [-0.3, -0.25) is 4.68 Å². The number of allylic oxidation sites excluding steroid dienone is 3. The topological polar surface area (TPSA) is 64.8 Å². The smallest absolute Gasteiger partial charge is 0.339 e. The Morgan fingerprint density at radius 3 is 2.62 bits per heavy atom. The number of piperazine rings is 1. The van der Waals surface area contributed by atoms with Crippen LogP contribution in [0.2, 0.25) is 5.02 Å². The number of alkyl halides is 2. The molecule has 3 atom stereocenters. The summed E-state index contributed by atoms with van der Waals surface area (Å²) in [6.07, 6.45) is 6.39. The van der Waals surface area contributed by atoms with E-state index in [0.29, 0.717) is 18.0 Å². The van der Waals surface area contributed by atoms with Crippen molar-refractivity contribution in [2.45, 2.75) is 45.1 Å². The fraction of sp³-hybridized carbons (Fsp3) is 0.517. The molecule has 1 aromatic carbocycles. The van der Waals surface area contributed by atoms with E-state index in [1.165, 1.54) is 10.4 Å². The van der Waals surface area contributed by atoms with Gasteiger partial charge in [-0.15, -0.1) is 0 Å². The van der Waals surface area contributed by atoms with Gasteiger partial charge >= 0.3 is 5.97 Å². The third-order valence-electron chi connectivity index (χ3n) is 8.36. The average Bonchev–Trinajstić information content (AvgIpc) is 3.40.